The molecule has 2 aromatic carbocycles. The van der Waals surface area contributed by atoms with Gasteiger partial charge in [-0.3, -0.25) is 9.59 Å². The Balaban J connectivity index is 1.66. The van der Waals surface area contributed by atoms with Crippen LogP contribution in [0.3, 0.4) is 0 Å². The number of rotatable bonds is 7. The number of aryl methyl sites for hydroxylation is 1. The van der Waals surface area contributed by atoms with Gasteiger partial charge in [0.25, 0.3) is 11.5 Å². The summed E-state index contributed by atoms with van der Waals surface area (Å²) in [5.41, 5.74) is 1.29. The first kappa shape index (κ1) is 19.3. The Morgan fingerprint density at radius 1 is 1.14 bits per heavy atom. The fourth-order valence-corrected chi connectivity index (χ4v) is 2.55. The Morgan fingerprint density at radius 2 is 1.93 bits per heavy atom. The molecule has 28 heavy (non-hydrogen) atoms. The zero-order chi connectivity index (χ0) is 19.9. The van der Waals surface area contributed by atoms with Crippen molar-refractivity contribution in [3.8, 4) is 5.75 Å². The second-order valence-electron chi connectivity index (χ2n) is 6.18. The normalized spacial score (nSPS) is 10.5. The van der Waals surface area contributed by atoms with Crippen LogP contribution in [0.25, 0.3) is 0 Å². The van der Waals surface area contributed by atoms with E-state index in [0.29, 0.717) is 18.0 Å². The quantitative estimate of drug-likeness (QED) is 0.678. The number of halogens is 1. The average molecular weight is 381 g/mol. The number of benzene rings is 2. The van der Waals surface area contributed by atoms with E-state index in [2.05, 4.69) is 10.4 Å². The van der Waals surface area contributed by atoms with Gasteiger partial charge in [0.1, 0.15) is 23.9 Å². The van der Waals surface area contributed by atoms with Gasteiger partial charge in [0, 0.05) is 24.4 Å². The van der Waals surface area contributed by atoms with Gasteiger partial charge in [0.2, 0.25) is 0 Å². The lowest BCUT2D eigenvalue weighted by molar-refractivity contribution is 0.101. The first-order chi connectivity index (χ1) is 13.5. The van der Waals surface area contributed by atoms with E-state index < -0.39 is 5.91 Å². The van der Waals surface area contributed by atoms with E-state index in [1.54, 1.807) is 36.4 Å². The molecule has 0 saturated carbocycles. The van der Waals surface area contributed by atoms with Crippen molar-refractivity contribution in [3.05, 3.63) is 88.1 Å². The molecule has 6 nitrogen and oxygen atoms in total. The molecule has 0 aliphatic carbocycles. The molecule has 0 aliphatic heterocycles. The van der Waals surface area contributed by atoms with Gasteiger partial charge in [0.05, 0.1) is 0 Å². The molecule has 0 atom stereocenters. The van der Waals surface area contributed by atoms with E-state index in [1.165, 1.54) is 28.9 Å². The summed E-state index contributed by atoms with van der Waals surface area (Å²) in [6, 6.07) is 15.7. The number of nitrogens with zero attached hydrogens (tertiary/aromatic N) is 2. The van der Waals surface area contributed by atoms with E-state index in [0.717, 1.165) is 12.0 Å². The summed E-state index contributed by atoms with van der Waals surface area (Å²) in [6.45, 7) is 2.66. The lowest BCUT2D eigenvalue weighted by Crippen LogP contribution is -2.26. The van der Waals surface area contributed by atoms with Gasteiger partial charge in [-0.25, -0.2) is 9.07 Å². The SMILES string of the molecule is CCCn1nc(C(=O)Nc2cccc(OCc3ccc(F)cc3)c2)ccc1=O. The number of carbonyl (C=O) groups is 1. The van der Waals surface area contributed by atoms with Crippen LogP contribution in [0.15, 0.2) is 65.5 Å². The maximum Gasteiger partial charge on any atom is 0.276 e. The first-order valence-corrected chi connectivity index (χ1v) is 8.92. The van der Waals surface area contributed by atoms with Crippen molar-refractivity contribution in [1.82, 2.24) is 9.78 Å². The van der Waals surface area contributed by atoms with E-state index in [4.69, 9.17) is 4.74 Å². The Morgan fingerprint density at radius 3 is 2.68 bits per heavy atom. The fourth-order valence-electron chi connectivity index (χ4n) is 2.55. The van der Waals surface area contributed by atoms with Gasteiger partial charge >= 0.3 is 0 Å². The van der Waals surface area contributed by atoms with Crippen LogP contribution in [-0.2, 0) is 13.2 Å². The number of hydrogen-bond donors (Lipinski definition) is 1. The maximum absolute atomic E-state index is 12.9. The summed E-state index contributed by atoms with van der Waals surface area (Å²) < 4.78 is 19.9. The molecule has 0 radical (unpaired) electrons. The largest absolute Gasteiger partial charge is 0.489 e. The van der Waals surface area contributed by atoms with Crippen molar-refractivity contribution >= 4 is 11.6 Å². The van der Waals surface area contributed by atoms with Gasteiger partial charge in [0.15, 0.2) is 0 Å². The van der Waals surface area contributed by atoms with E-state index in [1.807, 2.05) is 6.92 Å². The number of carbonyl (C=O) groups excluding carboxylic acids is 1. The van der Waals surface area contributed by atoms with Gasteiger partial charge in [-0.15, -0.1) is 0 Å². The fraction of sp³-hybridized carbons (Fsp3) is 0.190. The number of amides is 1. The van der Waals surface area contributed by atoms with Crippen LogP contribution < -0.4 is 15.6 Å². The van der Waals surface area contributed by atoms with E-state index in [-0.39, 0.29) is 23.7 Å². The van der Waals surface area contributed by atoms with Gasteiger partial charge in [-0.2, -0.15) is 5.10 Å². The minimum Gasteiger partial charge on any atom is -0.489 e. The summed E-state index contributed by atoms with van der Waals surface area (Å²) in [5.74, 6) is -0.154. The van der Waals surface area contributed by atoms with Crippen LogP contribution in [0, 0.1) is 5.82 Å². The summed E-state index contributed by atoms with van der Waals surface area (Å²) in [5, 5.41) is 6.84. The molecule has 3 aromatic rings. The number of ether oxygens (including phenoxy) is 1. The third-order valence-electron chi connectivity index (χ3n) is 3.95. The predicted molar refractivity (Wildman–Crippen MR) is 104 cm³/mol. The molecule has 1 N–H and O–H groups in total. The molecule has 0 unspecified atom stereocenters. The highest BCUT2D eigenvalue weighted by Gasteiger charge is 2.10. The van der Waals surface area contributed by atoms with Crippen LogP contribution in [-0.4, -0.2) is 15.7 Å². The molecule has 3 rings (SSSR count). The third kappa shape index (κ3) is 5.03. The molecule has 0 spiro atoms. The molecule has 1 aromatic heterocycles. The Bertz CT molecular complexity index is 1020. The van der Waals surface area contributed by atoms with Crippen LogP contribution in [0.1, 0.15) is 29.4 Å². The number of hydrogen-bond acceptors (Lipinski definition) is 4. The van der Waals surface area contributed by atoms with Crippen molar-refractivity contribution < 1.29 is 13.9 Å². The van der Waals surface area contributed by atoms with Crippen LogP contribution in [0.5, 0.6) is 5.75 Å². The van der Waals surface area contributed by atoms with Crippen LogP contribution in [0.4, 0.5) is 10.1 Å². The molecule has 0 saturated heterocycles. The molecule has 1 heterocycles. The number of anilines is 1. The van der Waals surface area contributed by atoms with Gasteiger partial charge < -0.3 is 10.1 Å². The van der Waals surface area contributed by atoms with E-state index in [9.17, 15) is 14.0 Å². The second kappa shape index (κ2) is 8.94. The van der Waals surface area contributed by atoms with Crippen molar-refractivity contribution in [1.29, 1.82) is 0 Å². The molecule has 0 bridgehead atoms. The average Bonchev–Trinajstić information content (AvgIpc) is 2.69. The standard InChI is InChI=1S/C21H20FN3O3/c1-2-12-25-20(26)11-10-19(24-25)21(27)23-17-4-3-5-18(13-17)28-14-15-6-8-16(22)9-7-15/h3-11,13H,2,12,14H2,1H3,(H,23,27). The topological polar surface area (TPSA) is 73.2 Å². The van der Waals surface area contributed by atoms with Gasteiger partial charge in [-0.1, -0.05) is 25.1 Å². The molecule has 1 amide bonds. The minimum atomic E-state index is -0.416. The monoisotopic (exact) mass is 381 g/mol. The highest BCUT2D eigenvalue weighted by molar-refractivity contribution is 6.02. The highest BCUT2D eigenvalue weighted by Crippen LogP contribution is 2.19. The van der Waals surface area contributed by atoms with Gasteiger partial charge in [-0.05, 0) is 42.3 Å². The summed E-state index contributed by atoms with van der Waals surface area (Å²) in [4.78, 5) is 24.2. The summed E-state index contributed by atoms with van der Waals surface area (Å²) in [6.07, 6.45) is 0.741. The Labute approximate surface area is 161 Å². The smallest absolute Gasteiger partial charge is 0.276 e. The molecule has 0 fully saturated rings. The minimum absolute atomic E-state index is 0.158. The zero-order valence-corrected chi connectivity index (χ0v) is 15.4. The van der Waals surface area contributed by atoms with Crippen LogP contribution >= 0.6 is 0 Å². The molecule has 144 valence electrons. The van der Waals surface area contributed by atoms with Crippen molar-refractivity contribution in [2.75, 3.05) is 5.32 Å². The number of nitrogens with one attached hydrogen (secondary N) is 1. The third-order valence-corrected chi connectivity index (χ3v) is 3.95. The first-order valence-electron chi connectivity index (χ1n) is 8.92. The number of aromatic nitrogens is 2. The zero-order valence-electron chi connectivity index (χ0n) is 15.4. The Kier molecular flexibility index (Phi) is 6.16. The molecule has 7 heteroatoms. The second-order valence-corrected chi connectivity index (χ2v) is 6.18. The highest BCUT2D eigenvalue weighted by atomic mass is 19.1. The Hall–Kier alpha value is -3.48. The van der Waals surface area contributed by atoms with Crippen molar-refractivity contribution in [2.24, 2.45) is 0 Å². The van der Waals surface area contributed by atoms with Crippen LogP contribution in [0.2, 0.25) is 0 Å². The summed E-state index contributed by atoms with van der Waals surface area (Å²) >= 11 is 0. The lowest BCUT2D eigenvalue weighted by atomic mass is 10.2. The lowest BCUT2D eigenvalue weighted by Gasteiger charge is -2.10. The molecular weight excluding hydrogens is 361 g/mol. The van der Waals surface area contributed by atoms with Crippen molar-refractivity contribution in [3.63, 3.8) is 0 Å². The summed E-state index contributed by atoms with van der Waals surface area (Å²) in [7, 11) is 0. The predicted octanol–water partition coefficient (Wildman–Crippen LogP) is 3.62. The van der Waals surface area contributed by atoms with Crippen molar-refractivity contribution in [2.45, 2.75) is 26.5 Å². The van der Waals surface area contributed by atoms with E-state index >= 15 is 0 Å². The molecular formula is C21H20FN3O3. The maximum atomic E-state index is 12.9. The molecule has 0 aliphatic rings.